The molecule has 0 saturated heterocycles. The zero-order valence-electron chi connectivity index (χ0n) is 10.8. The number of rotatable bonds is 2. The SMILES string of the molecule is Cc1ccc(Oc2nc3ccccc3nc2N)cc1F. The first-order chi connectivity index (χ1) is 9.63. The number of anilines is 1. The van der Waals surface area contributed by atoms with Crippen LogP contribution in [0.3, 0.4) is 0 Å². The molecule has 2 aromatic carbocycles. The third-order valence-corrected chi connectivity index (χ3v) is 2.92. The lowest BCUT2D eigenvalue weighted by Crippen LogP contribution is -1.99. The molecule has 3 aromatic rings. The lowest BCUT2D eigenvalue weighted by molar-refractivity contribution is 0.460. The van der Waals surface area contributed by atoms with Gasteiger partial charge in [0.15, 0.2) is 5.82 Å². The van der Waals surface area contributed by atoms with Crippen molar-refractivity contribution in [2.24, 2.45) is 0 Å². The number of benzene rings is 2. The molecule has 0 atom stereocenters. The lowest BCUT2D eigenvalue weighted by atomic mass is 10.2. The minimum Gasteiger partial charge on any atom is -0.436 e. The Morgan fingerprint density at radius 2 is 1.75 bits per heavy atom. The Balaban J connectivity index is 2.01. The van der Waals surface area contributed by atoms with Crippen LogP contribution in [0, 0.1) is 12.7 Å². The van der Waals surface area contributed by atoms with Crippen LogP contribution in [0.1, 0.15) is 5.56 Å². The monoisotopic (exact) mass is 269 g/mol. The van der Waals surface area contributed by atoms with E-state index in [0.29, 0.717) is 22.3 Å². The number of nitrogens with two attached hydrogens (primary N) is 1. The van der Waals surface area contributed by atoms with E-state index in [1.807, 2.05) is 24.3 Å². The molecule has 0 aliphatic carbocycles. The van der Waals surface area contributed by atoms with Gasteiger partial charge in [0.25, 0.3) is 5.88 Å². The molecule has 2 N–H and O–H groups in total. The van der Waals surface area contributed by atoms with Crippen LogP contribution in [0.5, 0.6) is 11.6 Å². The van der Waals surface area contributed by atoms with E-state index < -0.39 is 0 Å². The smallest absolute Gasteiger partial charge is 0.263 e. The Labute approximate surface area is 115 Å². The summed E-state index contributed by atoms with van der Waals surface area (Å²) in [6, 6.07) is 11.9. The second-order valence-electron chi connectivity index (χ2n) is 4.42. The van der Waals surface area contributed by atoms with Gasteiger partial charge in [0.1, 0.15) is 11.6 Å². The van der Waals surface area contributed by atoms with Gasteiger partial charge in [-0.2, -0.15) is 0 Å². The van der Waals surface area contributed by atoms with Gasteiger partial charge in [-0.1, -0.05) is 18.2 Å². The Morgan fingerprint density at radius 3 is 2.45 bits per heavy atom. The van der Waals surface area contributed by atoms with Crippen LogP contribution in [0.15, 0.2) is 42.5 Å². The number of aromatic nitrogens is 2. The summed E-state index contributed by atoms with van der Waals surface area (Å²) < 4.78 is 19.0. The normalized spacial score (nSPS) is 10.7. The Hall–Kier alpha value is -2.69. The van der Waals surface area contributed by atoms with Crippen molar-refractivity contribution in [3.8, 4) is 11.6 Å². The van der Waals surface area contributed by atoms with Crippen molar-refractivity contribution in [3.63, 3.8) is 0 Å². The molecule has 1 heterocycles. The van der Waals surface area contributed by atoms with Crippen LogP contribution in [-0.4, -0.2) is 9.97 Å². The largest absolute Gasteiger partial charge is 0.436 e. The third kappa shape index (κ3) is 2.25. The van der Waals surface area contributed by atoms with Gasteiger partial charge < -0.3 is 10.5 Å². The quantitative estimate of drug-likeness (QED) is 0.774. The fraction of sp³-hybridized carbons (Fsp3) is 0.0667. The number of halogens is 1. The standard InChI is InChI=1S/C15H12FN3O/c1-9-6-7-10(8-11(9)16)20-15-14(17)18-12-4-2-3-5-13(12)19-15/h2-8H,1H3,(H2,17,18). The summed E-state index contributed by atoms with van der Waals surface area (Å²) in [5.74, 6) is 0.343. The lowest BCUT2D eigenvalue weighted by Gasteiger charge is -2.08. The molecule has 0 unspecified atom stereocenters. The van der Waals surface area contributed by atoms with E-state index >= 15 is 0 Å². The fourth-order valence-electron chi connectivity index (χ4n) is 1.82. The molecular weight excluding hydrogens is 257 g/mol. The van der Waals surface area contributed by atoms with E-state index in [9.17, 15) is 4.39 Å². The number of para-hydroxylation sites is 2. The van der Waals surface area contributed by atoms with Gasteiger partial charge in [0.05, 0.1) is 11.0 Å². The van der Waals surface area contributed by atoms with E-state index in [0.717, 1.165) is 0 Å². The van der Waals surface area contributed by atoms with Gasteiger partial charge in [-0.25, -0.2) is 14.4 Å². The maximum Gasteiger partial charge on any atom is 0.263 e. The van der Waals surface area contributed by atoms with E-state index in [-0.39, 0.29) is 17.5 Å². The summed E-state index contributed by atoms with van der Waals surface area (Å²) in [7, 11) is 0. The zero-order chi connectivity index (χ0) is 14.1. The summed E-state index contributed by atoms with van der Waals surface area (Å²) in [5.41, 5.74) is 7.72. The van der Waals surface area contributed by atoms with Crippen LogP contribution in [0.2, 0.25) is 0 Å². The van der Waals surface area contributed by atoms with Crippen molar-refractivity contribution in [1.29, 1.82) is 0 Å². The molecule has 20 heavy (non-hydrogen) atoms. The van der Waals surface area contributed by atoms with E-state index in [1.165, 1.54) is 6.07 Å². The van der Waals surface area contributed by atoms with E-state index in [4.69, 9.17) is 10.5 Å². The van der Waals surface area contributed by atoms with Crippen LogP contribution in [0.25, 0.3) is 11.0 Å². The van der Waals surface area contributed by atoms with Crippen LogP contribution in [-0.2, 0) is 0 Å². The van der Waals surface area contributed by atoms with Gasteiger partial charge in [-0.05, 0) is 30.7 Å². The van der Waals surface area contributed by atoms with Gasteiger partial charge >= 0.3 is 0 Å². The number of aryl methyl sites for hydroxylation is 1. The summed E-state index contributed by atoms with van der Waals surface area (Å²) in [6.45, 7) is 1.68. The van der Waals surface area contributed by atoms with Gasteiger partial charge in [0, 0.05) is 6.07 Å². The van der Waals surface area contributed by atoms with Crippen molar-refractivity contribution in [2.75, 3.05) is 5.73 Å². The summed E-state index contributed by atoms with van der Waals surface area (Å²) in [6.07, 6.45) is 0. The fourth-order valence-corrected chi connectivity index (χ4v) is 1.82. The van der Waals surface area contributed by atoms with Crippen LogP contribution < -0.4 is 10.5 Å². The molecule has 0 fully saturated rings. The highest BCUT2D eigenvalue weighted by molar-refractivity contribution is 5.76. The molecule has 3 rings (SSSR count). The second-order valence-corrected chi connectivity index (χ2v) is 4.42. The Bertz CT molecular complexity index is 789. The average Bonchev–Trinajstić information content (AvgIpc) is 2.44. The molecule has 0 bridgehead atoms. The van der Waals surface area contributed by atoms with Crippen LogP contribution >= 0.6 is 0 Å². The first-order valence-electron chi connectivity index (χ1n) is 6.10. The molecule has 0 aliphatic heterocycles. The zero-order valence-corrected chi connectivity index (χ0v) is 10.8. The first-order valence-corrected chi connectivity index (χ1v) is 6.10. The molecule has 1 aromatic heterocycles. The Kier molecular flexibility index (Phi) is 2.95. The molecule has 4 nitrogen and oxygen atoms in total. The minimum absolute atomic E-state index is 0.171. The van der Waals surface area contributed by atoms with E-state index in [2.05, 4.69) is 9.97 Å². The molecule has 0 spiro atoms. The van der Waals surface area contributed by atoms with Crippen molar-refractivity contribution < 1.29 is 9.13 Å². The van der Waals surface area contributed by atoms with Crippen molar-refractivity contribution in [2.45, 2.75) is 6.92 Å². The number of fused-ring (bicyclic) bond motifs is 1. The van der Waals surface area contributed by atoms with E-state index in [1.54, 1.807) is 19.1 Å². The van der Waals surface area contributed by atoms with Crippen molar-refractivity contribution in [1.82, 2.24) is 9.97 Å². The van der Waals surface area contributed by atoms with Gasteiger partial charge in [-0.15, -0.1) is 0 Å². The summed E-state index contributed by atoms with van der Waals surface area (Å²) >= 11 is 0. The van der Waals surface area contributed by atoms with Crippen molar-refractivity contribution >= 4 is 16.9 Å². The first kappa shape index (κ1) is 12.3. The average molecular weight is 269 g/mol. The Morgan fingerprint density at radius 1 is 1.05 bits per heavy atom. The number of hydrogen-bond donors (Lipinski definition) is 1. The van der Waals surface area contributed by atoms with Crippen LogP contribution in [0.4, 0.5) is 10.2 Å². The third-order valence-electron chi connectivity index (χ3n) is 2.92. The van der Waals surface area contributed by atoms with Crippen molar-refractivity contribution in [3.05, 3.63) is 53.8 Å². The predicted octanol–water partition coefficient (Wildman–Crippen LogP) is 3.45. The minimum atomic E-state index is -0.338. The highest BCUT2D eigenvalue weighted by Crippen LogP contribution is 2.27. The van der Waals surface area contributed by atoms with Gasteiger partial charge in [0.2, 0.25) is 0 Å². The maximum atomic E-state index is 13.5. The summed E-state index contributed by atoms with van der Waals surface area (Å²) in [5, 5.41) is 0. The highest BCUT2D eigenvalue weighted by Gasteiger charge is 2.09. The second kappa shape index (κ2) is 4.77. The predicted molar refractivity (Wildman–Crippen MR) is 75.2 cm³/mol. The molecular formula is C15H12FN3O. The number of nitrogens with zero attached hydrogens (tertiary/aromatic N) is 2. The molecule has 0 aliphatic rings. The molecule has 0 radical (unpaired) electrons. The highest BCUT2D eigenvalue weighted by atomic mass is 19.1. The molecule has 5 heteroatoms. The molecule has 0 amide bonds. The summed E-state index contributed by atoms with van der Waals surface area (Å²) in [4.78, 5) is 8.50. The molecule has 100 valence electrons. The maximum absolute atomic E-state index is 13.5. The number of nitrogen functional groups attached to an aromatic ring is 1. The molecule has 0 saturated carbocycles. The topological polar surface area (TPSA) is 61.0 Å². The number of ether oxygens (including phenoxy) is 1. The number of hydrogen-bond acceptors (Lipinski definition) is 4. The van der Waals surface area contributed by atoms with Gasteiger partial charge in [-0.3, -0.25) is 0 Å².